The predicted octanol–water partition coefficient (Wildman–Crippen LogP) is 3.12. The molecule has 0 radical (unpaired) electrons. The summed E-state index contributed by atoms with van der Waals surface area (Å²) in [4.78, 5) is 3.44. The molecule has 0 aliphatic heterocycles. The van der Waals surface area contributed by atoms with Crippen molar-refractivity contribution in [1.29, 1.82) is 0 Å². The Morgan fingerprint density at radius 2 is 1.80 bits per heavy atom. The van der Waals surface area contributed by atoms with Crippen LogP contribution in [-0.4, -0.2) is 6.04 Å². The van der Waals surface area contributed by atoms with E-state index < -0.39 is 0 Å². The molecule has 0 aliphatic carbocycles. The van der Waals surface area contributed by atoms with Crippen molar-refractivity contribution in [3.05, 3.63) is 11.4 Å². The Morgan fingerprint density at radius 1 is 1.20 bits per heavy atom. The molecule has 10 heavy (non-hydrogen) atoms. The molecule has 0 amide bonds. The molecule has 0 saturated heterocycles. The van der Waals surface area contributed by atoms with Crippen LogP contribution in [0.25, 0.3) is 4.85 Å². The number of rotatable bonds is 4. The summed E-state index contributed by atoms with van der Waals surface area (Å²) >= 11 is 0. The summed E-state index contributed by atoms with van der Waals surface area (Å²) in [6, 6.07) is 0.235. The third kappa shape index (κ3) is 5.62. The van der Waals surface area contributed by atoms with Crippen LogP contribution in [0.1, 0.15) is 40.0 Å². The van der Waals surface area contributed by atoms with Gasteiger partial charge in [-0.15, -0.1) is 0 Å². The Labute approximate surface area is 64.3 Å². The molecule has 0 heterocycles. The highest BCUT2D eigenvalue weighted by Crippen LogP contribution is 2.09. The van der Waals surface area contributed by atoms with E-state index in [2.05, 4.69) is 18.7 Å². The Balaban J connectivity index is 3.13. The molecular weight excluding hydrogens is 122 g/mol. The lowest BCUT2D eigenvalue weighted by Crippen LogP contribution is -1.95. The topological polar surface area (TPSA) is 4.36 Å². The van der Waals surface area contributed by atoms with Crippen LogP contribution in [0.4, 0.5) is 0 Å². The third-order valence-electron chi connectivity index (χ3n) is 1.62. The first-order valence-corrected chi connectivity index (χ1v) is 4.03. The van der Waals surface area contributed by atoms with Crippen LogP contribution in [0.3, 0.4) is 0 Å². The van der Waals surface area contributed by atoms with E-state index in [9.17, 15) is 0 Å². The second-order valence-electron chi connectivity index (χ2n) is 3.30. The Hall–Kier alpha value is -0.510. The summed E-state index contributed by atoms with van der Waals surface area (Å²) in [5.74, 6) is 0.790. The average Bonchev–Trinajstić information content (AvgIpc) is 1.87. The van der Waals surface area contributed by atoms with E-state index >= 15 is 0 Å². The molecular formula is C9H17N. The van der Waals surface area contributed by atoms with Gasteiger partial charge in [0.1, 0.15) is 0 Å². The molecule has 1 unspecified atom stereocenters. The van der Waals surface area contributed by atoms with Gasteiger partial charge in [-0.1, -0.05) is 20.3 Å². The van der Waals surface area contributed by atoms with Gasteiger partial charge in [-0.2, -0.15) is 0 Å². The third-order valence-corrected chi connectivity index (χ3v) is 1.62. The molecule has 0 spiro atoms. The average molecular weight is 139 g/mol. The first-order chi connectivity index (χ1) is 4.66. The van der Waals surface area contributed by atoms with Crippen LogP contribution >= 0.6 is 0 Å². The minimum atomic E-state index is 0.235. The molecule has 0 N–H and O–H groups in total. The molecule has 1 nitrogen and oxygen atoms in total. The van der Waals surface area contributed by atoms with Gasteiger partial charge in [0, 0.05) is 13.3 Å². The fourth-order valence-electron chi connectivity index (χ4n) is 0.886. The van der Waals surface area contributed by atoms with E-state index in [0.29, 0.717) is 0 Å². The number of nitrogens with zero attached hydrogens (tertiary/aromatic N) is 1. The zero-order chi connectivity index (χ0) is 7.98. The molecule has 0 aromatic rings. The predicted molar refractivity (Wildman–Crippen MR) is 44.8 cm³/mol. The van der Waals surface area contributed by atoms with Gasteiger partial charge in [0.25, 0.3) is 0 Å². The minimum absolute atomic E-state index is 0.235. The second kappa shape index (κ2) is 5.29. The highest BCUT2D eigenvalue weighted by atomic mass is 14.7. The summed E-state index contributed by atoms with van der Waals surface area (Å²) < 4.78 is 0. The normalized spacial score (nSPS) is 13.1. The maximum atomic E-state index is 6.72. The van der Waals surface area contributed by atoms with E-state index in [4.69, 9.17) is 6.57 Å². The van der Waals surface area contributed by atoms with E-state index in [0.717, 1.165) is 12.3 Å². The van der Waals surface area contributed by atoms with E-state index in [1.165, 1.54) is 12.8 Å². The van der Waals surface area contributed by atoms with Crippen LogP contribution in [-0.2, 0) is 0 Å². The molecule has 0 aliphatic rings. The van der Waals surface area contributed by atoms with E-state index in [1.54, 1.807) is 0 Å². The molecule has 1 heteroatoms. The van der Waals surface area contributed by atoms with Gasteiger partial charge in [0.15, 0.2) is 0 Å². The Morgan fingerprint density at radius 3 is 2.20 bits per heavy atom. The van der Waals surface area contributed by atoms with Crippen LogP contribution in [0, 0.1) is 12.5 Å². The van der Waals surface area contributed by atoms with Crippen molar-refractivity contribution in [3.8, 4) is 0 Å². The number of hydrogen-bond donors (Lipinski definition) is 0. The van der Waals surface area contributed by atoms with Gasteiger partial charge in [-0.05, 0) is 12.3 Å². The number of hydrogen-bond acceptors (Lipinski definition) is 0. The molecule has 0 aromatic heterocycles. The van der Waals surface area contributed by atoms with E-state index in [1.807, 2.05) is 6.92 Å². The van der Waals surface area contributed by atoms with Gasteiger partial charge < -0.3 is 4.85 Å². The lowest BCUT2D eigenvalue weighted by molar-refractivity contribution is 0.527. The Kier molecular flexibility index (Phi) is 5.02. The summed E-state index contributed by atoms with van der Waals surface area (Å²) in [7, 11) is 0. The van der Waals surface area contributed by atoms with Crippen LogP contribution in [0.5, 0.6) is 0 Å². The Bertz CT molecular complexity index is 110. The fraction of sp³-hybridized carbons (Fsp3) is 0.889. The standard InChI is InChI=1S/C9H17N/c1-8(2)6-5-7-9(3)10-4/h8-9H,5-7H2,1-3H3. The van der Waals surface area contributed by atoms with Crippen molar-refractivity contribution < 1.29 is 0 Å². The lowest BCUT2D eigenvalue weighted by Gasteiger charge is -2.02. The summed E-state index contributed by atoms with van der Waals surface area (Å²) in [6.07, 6.45) is 3.54. The van der Waals surface area contributed by atoms with Crippen molar-refractivity contribution in [3.63, 3.8) is 0 Å². The fourth-order valence-corrected chi connectivity index (χ4v) is 0.886. The molecule has 1 atom stereocenters. The first-order valence-electron chi connectivity index (χ1n) is 4.03. The summed E-state index contributed by atoms with van der Waals surface area (Å²) in [6.45, 7) is 13.2. The lowest BCUT2D eigenvalue weighted by atomic mass is 10.0. The van der Waals surface area contributed by atoms with Gasteiger partial charge in [0.05, 0.1) is 0 Å². The van der Waals surface area contributed by atoms with Crippen LogP contribution in [0.15, 0.2) is 0 Å². The SMILES string of the molecule is [C-]#[N+]C(C)CCCC(C)C. The zero-order valence-electron chi connectivity index (χ0n) is 7.22. The summed E-state index contributed by atoms with van der Waals surface area (Å²) in [5, 5.41) is 0. The largest absolute Gasteiger partial charge is 0.314 e. The maximum Gasteiger partial charge on any atom is 0.221 e. The van der Waals surface area contributed by atoms with Gasteiger partial charge in [0.2, 0.25) is 6.04 Å². The molecule has 0 fully saturated rings. The van der Waals surface area contributed by atoms with E-state index in [-0.39, 0.29) is 6.04 Å². The molecule has 0 saturated carbocycles. The van der Waals surface area contributed by atoms with Crippen molar-refractivity contribution in [2.45, 2.75) is 46.1 Å². The quantitative estimate of drug-likeness (QED) is 0.527. The monoisotopic (exact) mass is 139 g/mol. The van der Waals surface area contributed by atoms with Crippen molar-refractivity contribution in [1.82, 2.24) is 0 Å². The summed E-state index contributed by atoms with van der Waals surface area (Å²) in [5.41, 5.74) is 0. The molecule has 0 aromatic carbocycles. The molecule has 0 rings (SSSR count). The first kappa shape index (κ1) is 9.49. The van der Waals surface area contributed by atoms with Crippen molar-refractivity contribution in [2.24, 2.45) is 5.92 Å². The zero-order valence-corrected chi connectivity index (χ0v) is 7.22. The highest BCUT2D eigenvalue weighted by molar-refractivity contribution is 4.72. The van der Waals surface area contributed by atoms with Gasteiger partial charge >= 0.3 is 0 Å². The van der Waals surface area contributed by atoms with Crippen LogP contribution in [0.2, 0.25) is 0 Å². The second-order valence-corrected chi connectivity index (χ2v) is 3.30. The van der Waals surface area contributed by atoms with Crippen molar-refractivity contribution in [2.75, 3.05) is 0 Å². The van der Waals surface area contributed by atoms with Crippen molar-refractivity contribution >= 4 is 0 Å². The minimum Gasteiger partial charge on any atom is -0.314 e. The molecule has 58 valence electrons. The van der Waals surface area contributed by atoms with Gasteiger partial charge in [-0.25, -0.2) is 6.57 Å². The van der Waals surface area contributed by atoms with Crippen LogP contribution < -0.4 is 0 Å². The molecule has 0 bridgehead atoms. The maximum absolute atomic E-state index is 6.72. The van der Waals surface area contributed by atoms with Gasteiger partial charge in [-0.3, -0.25) is 0 Å². The highest BCUT2D eigenvalue weighted by Gasteiger charge is 2.03. The smallest absolute Gasteiger partial charge is 0.221 e.